The summed E-state index contributed by atoms with van der Waals surface area (Å²) in [5, 5.41) is 23.9. The third kappa shape index (κ3) is 6.58. The van der Waals surface area contributed by atoms with E-state index in [-0.39, 0.29) is 30.8 Å². The molecule has 4 N–H and O–H groups in total. The normalized spacial score (nSPS) is 36.8. The Morgan fingerprint density at radius 2 is 2.00 bits per heavy atom. The number of rotatable bonds is 3. The van der Waals surface area contributed by atoms with Crippen LogP contribution in [0.2, 0.25) is 0 Å². The molecule has 2 aliphatic rings. The van der Waals surface area contributed by atoms with Crippen molar-refractivity contribution in [1.29, 1.82) is 0 Å². The molecule has 0 saturated carbocycles. The molecule has 7 atom stereocenters. The molecule has 0 spiro atoms. The number of aromatic nitrogens is 1. The van der Waals surface area contributed by atoms with E-state index in [1.807, 2.05) is 13.8 Å². The Balaban J connectivity index is 1.85. The fourth-order valence-electron chi connectivity index (χ4n) is 4.90. The Hall–Kier alpha value is -1.72. The number of ether oxygens (including phenoxy) is 2. The van der Waals surface area contributed by atoms with Crippen LogP contribution in [-0.2, 0) is 25.6 Å². The Kier molecular flexibility index (Phi) is 9.09. The quantitative estimate of drug-likeness (QED) is 0.402. The van der Waals surface area contributed by atoms with Crippen LogP contribution in [0.15, 0.2) is 11.2 Å². The van der Waals surface area contributed by atoms with Crippen molar-refractivity contribution in [3.8, 4) is 0 Å². The highest BCUT2D eigenvalue weighted by molar-refractivity contribution is 7.09. The minimum atomic E-state index is -1.36. The van der Waals surface area contributed by atoms with Gasteiger partial charge in [-0.2, -0.15) is 0 Å². The summed E-state index contributed by atoms with van der Waals surface area (Å²) in [6.45, 7) is 8.82. The number of fused-ring (bicyclic) bond motifs is 1. The van der Waals surface area contributed by atoms with Gasteiger partial charge in [0.1, 0.15) is 16.6 Å². The lowest BCUT2D eigenvalue weighted by atomic mass is 9.73. The summed E-state index contributed by atoms with van der Waals surface area (Å²) < 4.78 is 26.7. The Morgan fingerprint density at radius 3 is 2.64 bits per heavy atom. The standard InChI is InChI=1S/C26H39FN2O6S/c1-14-7-6-8-26(5)20(35-26)10-18(17(27)9-16-13-36-21(12-28)29-16)34-22(31)11-19(30)25(3,4)24(33)15(2)23(14)32/h9,13-15,18-20,23,30,32H,6-8,10-12,28H2,1-5H3/t14-,15?,18-,19?,20-,23-,26?/m0/s1. The van der Waals surface area contributed by atoms with Crippen molar-refractivity contribution < 1.29 is 33.7 Å². The number of esters is 1. The average molecular weight is 527 g/mol. The summed E-state index contributed by atoms with van der Waals surface area (Å²) in [6.07, 6.45) is -0.776. The van der Waals surface area contributed by atoms with Crippen LogP contribution in [0.5, 0.6) is 0 Å². The molecule has 0 aliphatic carbocycles. The first-order valence-corrected chi connectivity index (χ1v) is 13.5. The van der Waals surface area contributed by atoms with E-state index in [9.17, 15) is 19.8 Å². The van der Waals surface area contributed by atoms with Crippen molar-refractivity contribution in [3.05, 3.63) is 21.9 Å². The summed E-state index contributed by atoms with van der Waals surface area (Å²) in [7, 11) is 0. The summed E-state index contributed by atoms with van der Waals surface area (Å²) >= 11 is 1.31. The number of aliphatic hydroxyl groups is 2. The first kappa shape index (κ1) is 28.8. The van der Waals surface area contributed by atoms with E-state index in [4.69, 9.17) is 15.2 Å². The highest BCUT2D eigenvalue weighted by Crippen LogP contribution is 2.45. The molecule has 0 radical (unpaired) electrons. The second-order valence-electron chi connectivity index (χ2n) is 11.0. The van der Waals surface area contributed by atoms with E-state index in [0.29, 0.717) is 23.5 Å². The number of Topliss-reactive ketones (excluding diaryl/α,β-unsaturated/α-hetero) is 1. The molecule has 3 rings (SSSR count). The molecule has 1 aromatic rings. The predicted molar refractivity (Wildman–Crippen MR) is 134 cm³/mol. The van der Waals surface area contributed by atoms with Crippen LogP contribution >= 0.6 is 11.3 Å². The Morgan fingerprint density at radius 1 is 1.31 bits per heavy atom. The second-order valence-corrected chi connectivity index (χ2v) is 11.9. The van der Waals surface area contributed by atoms with Crippen molar-refractivity contribution in [1.82, 2.24) is 4.98 Å². The first-order valence-electron chi connectivity index (χ1n) is 12.6. The van der Waals surface area contributed by atoms with Gasteiger partial charge in [-0.05, 0) is 31.8 Å². The predicted octanol–water partition coefficient (Wildman–Crippen LogP) is 3.53. The molecule has 3 heterocycles. The highest BCUT2D eigenvalue weighted by Gasteiger charge is 2.53. The van der Waals surface area contributed by atoms with Crippen molar-refractivity contribution in [2.75, 3.05) is 0 Å². The van der Waals surface area contributed by atoms with E-state index in [2.05, 4.69) is 4.98 Å². The van der Waals surface area contributed by atoms with Crippen molar-refractivity contribution in [2.24, 2.45) is 23.0 Å². The molecule has 202 valence electrons. The molecular weight excluding hydrogens is 487 g/mol. The number of epoxide rings is 1. The summed E-state index contributed by atoms with van der Waals surface area (Å²) in [4.78, 5) is 30.2. The van der Waals surface area contributed by atoms with Crippen molar-refractivity contribution in [2.45, 2.75) is 103 Å². The van der Waals surface area contributed by atoms with Gasteiger partial charge in [-0.15, -0.1) is 11.3 Å². The largest absolute Gasteiger partial charge is 0.455 e. The zero-order valence-electron chi connectivity index (χ0n) is 21.7. The van der Waals surface area contributed by atoms with E-state index < -0.39 is 53.5 Å². The van der Waals surface area contributed by atoms with E-state index >= 15 is 4.39 Å². The van der Waals surface area contributed by atoms with Crippen molar-refractivity contribution >= 4 is 29.2 Å². The highest BCUT2D eigenvalue weighted by atomic mass is 32.1. The zero-order chi connectivity index (χ0) is 26.8. The fraction of sp³-hybridized carbons (Fsp3) is 0.731. The third-order valence-electron chi connectivity index (χ3n) is 7.74. The summed E-state index contributed by atoms with van der Waals surface area (Å²) in [5.41, 5.74) is 4.18. The van der Waals surface area contributed by atoms with Gasteiger partial charge in [0.15, 0.2) is 6.10 Å². The smallest absolute Gasteiger partial charge is 0.309 e. The molecule has 36 heavy (non-hydrogen) atoms. The number of aliphatic hydroxyl groups excluding tert-OH is 2. The van der Waals surface area contributed by atoms with Gasteiger partial charge < -0.3 is 25.4 Å². The molecule has 0 amide bonds. The first-order chi connectivity index (χ1) is 16.8. The van der Waals surface area contributed by atoms with E-state index in [0.717, 1.165) is 6.42 Å². The van der Waals surface area contributed by atoms with Gasteiger partial charge >= 0.3 is 5.97 Å². The Labute approximate surface area is 216 Å². The molecule has 0 bridgehead atoms. The lowest BCUT2D eigenvalue weighted by Crippen LogP contribution is -2.45. The fourth-order valence-corrected chi connectivity index (χ4v) is 5.54. The van der Waals surface area contributed by atoms with Gasteiger partial charge in [0.25, 0.3) is 0 Å². The average Bonchev–Trinajstić information content (AvgIpc) is 3.23. The molecule has 3 unspecified atom stereocenters. The van der Waals surface area contributed by atoms with Gasteiger partial charge in [-0.1, -0.05) is 34.1 Å². The van der Waals surface area contributed by atoms with Crippen LogP contribution in [0, 0.1) is 17.3 Å². The van der Waals surface area contributed by atoms with E-state index in [1.54, 1.807) is 26.2 Å². The topological polar surface area (TPSA) is 135 Å². The number of carbonyl (C=O) groups excluding carboxylic acids is 2. The molecule has 2 fully saturated rings. The minimum Gasteiger partial charge on any atom is -0.455 e. The molecule has 0 aromatic carbocycles. The lowest BCUT2D eigenvalue weighted by molar-refractivity contribution is -0.155. The van der Waals surface area contributed by atoms with Gasteiger partial charge in [0.05, 0.1) is 41.4 Å². The maximum absolute atomic E-state index is 15.3. The van der Waals surface area contributed by atoms with E-state index in [1.165, 1.54) is 17.4 Å². The summed E-state index contributed by atoms with van der Waals surface area (Å²) in [6, 6.07) is 0. The lowest BCUT2D eigenvalue weighted by Gasteiger charge is -2.34. The number of ketones is 1. The van der Waals surface area contributed by atoms with Gasteiger partial charge in [-0.25, -0.2) is 9.37 Å². The molecule has 2 aliphatic heterocycles. The number of nitrogens with two attached hydrogens (primary N) is 1. The zero-order valence-corrected chi connectivity index (χ0v) is 22.5. The molecule has 8 nitrogen and oxygen atoms in total. The van der Waals surface area contributed by atoms with Crippen LogP contribution in [0.1, 0.15) is 77.4 Å². The molecule has 1 aromatic heterocycles. The van der Waals surface area contributed by atoms with Crippen LogP contribution in [0.4, 0.5) is 4.39 Å². The maximum Gasteiger partial charge on any atom is 0.309 e. The molecule has 2 saturated heterocycles. The monoisotopic (exact) mass is 526 g/mol. The van der Waals surface area contributed by atoms with Gasteiger partial charge in [-0.3, -0.25) is 9.59 Å². The third-order valence-corrected chi connectivity index (χ3v) is 8.63. The number of carbonyl (C=O) groups is 2. The number of hydrogen-bond acceptors (Lipinski definition) is 9. The SMILES string of the molecule is CC1C(=O)C(C)(C)C(O)CC(=O)O[C@H](C(F)=Cc2csc(CN)n2)C[C@@H]2OC2(C)CCC[C@H](C)[C@@H]1O. The van der Waals surface area contributed by atoms with Crippen LogP contribution in [0.25, 0.3) is 6.08 Å². The minimum absolute atomic E-state index is 0.117. The number of thiazole rings is 1. The number of cyclic esters (lactones) is 1. The number of nitrogens with zero attached hydrogens (tertiary/aromatic N) is 1. The van der Waals surface area contributed by atoms with Crippen LogP contribution in [0.3, 0.4) is 0 Å². The molecular formula is C26H39FN2O6S. The Bertz CT molecular complexity index is 981. The van der Waals surface area contributed by atoms with Crippen molar-refractivity contribution in [3.63, 3.8) is 0 Å². The summed E-state index contributed by atoms with van der Waals surface area (Å²) in [5.74, 6) is -2.70. The van der Waals surface area contributed by atoms with Gasteiger partial charge in [0.2, 0.25) is 0 Å². The number of halogens is 1. The maximum atomic E-state index is 15.3. The van der Waals surface area contributed by atoms with Crippen LogP contribution in [-0.4, -0.2) is 57.0 Å². The van der Waals surface area contributed by atoms with Gasteiger partial charge in [0, 0.05) is 24.3 Å². The second kappa shape index (κ2) is 11.3. The number of hydrogen-bond donors (Lipinski definition) is 3. The van der Waals surface area contributed by atoms with Crippen LogP contribution < -0.4 is 5.73 Å². The molecule has 10 heteroatoms.